The number of hydrogen-bond donors (Lipinski definition) is 1. The summed E-state index contributed by atoms with van der Waals surface area (Å²) in [5.74, 6) is 0.00535. The molecule has 1 aromatic carbocycles. The van der Waals surface area contributed by atoms with Gasteiger partial charge in [0, 0.05) is 34.8 Å². The zero-order valence-corrected chi connectivity index (χ0v) is 17.2. The smallest absolute Gasteiger partial charge is 0.282 e. The molecule has 0 aliphatic carbocycles. The zero-order valence-electron chi connectivity index (χ0n) is 16.4. The van der Waals surface area contributed by atoms with Gasteiger partial charge in [-0.2, -0.15) is 9.78 Å². The number of amides is 1. The van der Waals surface area contributed by atoms with Crippen molar-refractivity contribution in [2.75, 3.05) is 11.6 Å². The van der Waals surface area contributed by atoms with Crippen LogP contribution in [0.15, 0.2) is 47.6 Å². The largest absolute Gasteiger partial charge is 0.306 e. The third-order valence-electron chi connectivity index (χ3n) is 4.11. The normalized spacial score (nSPS) is 11.3. The number of nitrogens with zero attached hydrogens (tertiary/aromatic N) is 5. The molecular formula is C19H20N6O3S. The van der Waals surface area contributed by atoms with Crippen molar-refractivity contribution in [1.82, 2.24) is 19.7 Å². The molecule has 0 saturated carbocycles. The minimum absolute atomic E-state index is 0.0270. The summed E-state index contributed by atoms with van der Waals surface area (Å²) in [5.41, 5.74) is 0.136. The van der Waals surface area contributed by atoms with Gasteiger partial charge in [0.15, 0.2) is 0 Å². The minimum atomic E-state index is -0.606. The third kappa shape index (κ3) is 4.43. The number of anilines is 1. The lowest BCUT2D eigenvalue weighted by atomic mass is 9.92. The zero-order chi connectivity index (χ0) is 21.2. The van der Waals surface area contributed by atoms with Gasteiger partial charge in [-0.3, -0.25) is 14.9 Å². The molecule has 10 heteroatoms. The van der Waals surface area contributed by atoms with Gasteiger partial charge in [0.2, 0.25) is 0 Å². The fraction of sp³-hybridized carbons (Fsp3) is 0.263. The second-order valence-corrected chi connectivity index (χ2v) is 8.10. The molecular weight excluding hydrogens is 392 g/mol. The molecule has 0 aliphatic heterocycles. The Morgan fingerprint density at radius 1 is 1.21 bits per heavy atom. The molecule has 0 spiro atoms. The van der Waals surface area contributed by atoms with Crippen LogP contribution in [0, 0.1) is 10.1 Å². The monoisotopic (exact) mass is 412 g/mol. The van der Waals surface area contributed by atoms with E-state index in [-0.39, 0.29) is 22.6 Å². The molecule has 0 unspecified atom stereocenters. The van der Waals surface area contributed by atoms with Crippen molar-refractivity contribution in [1.29, 1.82) is 0 Å². The van der Waals surface area contributed by atoms with E-state index in [1.807, 2.05) is 27.0 Å². The van der Waals surface area contributed by atoms with Crippen LogP contribution < -0.4 is 5.32 Å². The number of nitrogens with one attached hydrogen (secondary N) is 1. The van der Waals surface area contributed by atoms with Crippen molar-refractivity contribution in [2.24, 2.45) is 0 Å². The molecule has 0 aliphatic rings. The van der Waals surface area contributed by atoms with Gasteiger partial charge in [0.1, 0.15) is 11.4 Å². The van der Waals surface area contributed by atoms with Gasteiger partial charge < -0.3 is 5.32 Å². The molecule has 2 aromatic heterocycles. The summed E-state index contributed by atoms with van der Waals surface area (Å²) >= 11 is 1.39. The van der Waals surface area contributed by atoms with Gasteiger partial charge in [-0.1, -0.05) is 20.8 Å². The Hall–Kier alpha value is -3.27. The van der Waals surface area contributed by atoms with Crippen LogP contribution in [0.5, 0.6) is 0 Å². The summed E-state index contributed by atoms with van der Waals surface area (Å²) in [4.78, 5) is 32.9. The van der Waals surface area contributed by atoms with E-state index in [0.717, 1.165) is 4.90 Å². The van der Waals surface area contributed by atoms with Crippen LogP contribution in [0.3, 0.4) is 0 Å². The molecule has 0 fully saturated rings. The fourth-order valence-corrected chi connectivity index (χ4v) is 3.00. The standard InChI is InChI=1S/C19H20N6O3S/c1-19(2,3)15-11-16(24(23-15)18-20-8-5-9-21-18)22-17(26)13-10-12(29-4)6-7-14(13)25(27)28/h5-11H,1-4H3,(H,22,26). The van der Waals surface area contributed by atoms with Gasteiger partial charge >= 0.3 is 0 Å². The first kappa shape index (κ1) is 20.5. The molecule has 3 aromatic rings. The van der Waals surface area contributed by atoms with Crippen LogP contribution in [0.4, 0.5) is 11.5 Å². The predicted molar refractivity (Wildman–Crippen MR) is 111 cm³/mol. The van der Waals surface area contributed by atoms with E-state index in [2.05, 4.69) is 20.4 Å². The Balaban J connectivity index is 2.05. The topological polar surface area (TPSA) is 116 Å². The quantitative estimate of drug-likeness (QED) is 0.384. The van der Waals surface area contributed by atoms with E-state index in [4.69, 9.17) is 0 Å². The molecule has 29 heavy (non-hydrogen) atoms. The Bertz CT molecular complexity index is 1060. The second kappa shape index (κ2) is 8.00. The molecule has 0 saturated heterocycles. The van der Waals surface area contributed by atoms with Crippen molar-refractivity contribution in [2.45, 2.75) is 31.1 Å². The summed E-state index contributed by atoms with van der Waals surface area (Å²) < 4.78 is 1.42. The Morgan fingerprint density at radius 3 is 2.48 bits per heavy atom. The van der Waals surface area contributed by atoms with Gasteiger partial charge in [0.05, 0.1) is 10.6 Å². The van der Waals surface area contributed by atoms with E-state index >= 15 is 0 Å². The van der Waals surface area contributed by atoms with Crippen LogP contribution in [-0.4, -0.2) is 36.8 Å². The van der Waals surface area contributed by atoms with Gasteiger partial charge in [-0.25, -0.2) is 9.97 Å². The van der Waals surface area contributed by atoms with Crippen LogP contribution in [-0.2, 0) is 5.41 Å². The molecule has 1 N–H and O–H groups in total. The number of rotatable bonds is 5. The molecule has 0 bridgehead atoms. The summed E-state index contributed by atoms with van der Waals surface area (Å²) in [6.45, 7) is 5.97. The molecule has 1 amide bonds. The third-order valence-corrected chi connectivity index (χ3v) is 4.83. The average Bonchev–Trinajstić information content (AvgIpc) is 3.12. The highest BCUT2D eigenvalue weighted by Crippen LogP contribution is 2.28. The van der Waals surface area contributed by atoms with Crippen molar-refractivity contribution in [3.05, 3.63) is 64.1 Å². The van der Waals surface area contributed by atoms with E-state index < -0.39 is 10.8 Å². The molecule has 0 radical (unpaired) electrons. The maximum absolute atomic E-state index is 12.9. The first-order chi connectivity index (χ1) is 13.7. The van der Waals surface area contributed by atoms with Crippen LogP contribution in [0.1, 0.15) is 36.8 Å². The van der Waals surface area contributed by atoms with Crippen LogP contribution >= 0.6 is 11.8 Å². The highest BCUT2D eigenvalue weighted by molar-refractivity contribution is 7.98. The Morgan fingerprint density at radius 2 is 1.90 bits per heavy atom. The van der Waals surface area contributed by atoms with Gasteiger partial charge in [-0.05, 0) is 24.5 Å². The van der Waals surface area contributed by atoms with E-state index in [0.29, 0.717) is 11.5 Å². The molecule has 3 rings (SSSR count). The Kier molecular flexibility index (Phi) is 5.64. The number of nitro benzene ring substituents is 1. The van der Waals surface area contributed by atoms with Gasteiger partial charge in [0.25, 0.3) is 17.5 Å². The van der Waals surface area contributed by atoms with Gasteiger partial charge in [-0.15, -0.1) is 11.8 Å². The van der Waals surface area contributed by atoms with Crippen molar-refractivity contribution in [3.63, 3.8) is 0 Å². The summed E-state index contributed by atoms with van der Waals surface area (Å²) in [6, 6.07) is 7.84. The summed E-state index contributed by atoms with van der Waals surface area (Å²) in [6.07, 6.45) is 4.97. The number of hydrogen-bond acceptors (Lipinski definition) is 7. The van der Waals surface area contributed by atoms with E-state index in [9.17, 15) is 14.9 Å². The highest BCUT2D eigenvalue weighted by Gasteiger charge is 2.25. The lowest BCUT2D eigenvalue weighted by Crippen LogP contribution is -2.17. The summed E-state index contributed by atoms with van der Waals surface area (Å²) in [5, 5.41) is 18.6. The number of nitro groups is 1. The van der Waals surface area contributed by atoms with E-state index in [1.165, 1.54) is 28.6 Å². The molecule has 0 atom stereocenters. The number of carbonyl (C=O) groups excluding carboxylic acids is 1. The lowest BCUT2D eigenvalue weighted by molar-refractivity contribution is -0.385. The second-order valence-electron chi connectivity index (χ2n) is 7.22. The maximum atomic E-state index is 12.9. The van der Waals surface area contributed by atoms with Crippen molar-refractivity contribution in [3.8, 4) is 5.95 Å². The molecule has 2 heterocycles. The SMILES string of the molecule is CSc1ccc([N+](=O)[O-])c(C(=O)Nc2cc(C(C)(C)C)nn2-c2ncccn2)c1. The molecule has 150 valence electrons. The number of carbonyl (C=O) groups is 1. The lowest BCUT2D eigenvalue weighted by Gasteiger charge is -2.13. The van der Waals surface area contributed by atoms with Crippen LogP contribution in [0.2, 0.25) is 0 Å². The first-order valence-corrected chi connectivity index (χ1v) is 9.95. The Labute approximate surface area is 171 Å². The number of thioether (sulfide) groups is 1. The number of benzene rings is 1. The van der Waals surface area contributed by atoms with Crippen molar-refractivity contribution < 1.29 is 9.72 Å². The highest BCUT2D eigenvalue weighted by atomic mass is 32.2. The first-order valence-electron chi connectivity index (χ1n) is 8.72. The predicted octanol–water partition coefficient (Wildman–Crippen LogP) is 3.84. The molecule has 9 nitrogen and oxygen atoms in total. The fourth-order valence-electron chi connectivity index (χ4n) is 2.56. The maximum Gasteiger partial charge on any atom is 0.282 e. The average molecular weight is 412 g/mol. The van der Waals surface area contributed by atoms with Crippen LogP contribution in [0.25, 0.3) is 5.95 Å². The minimum Gasteiger partial charge on any atom is -0.306 e. The summed E-state index contributed by atoms with van der Waals surface area (Å²) in [7, 11) is 0. The number of aromatic nitrogens is 4. The van der Waals surface area contributed by atoms with Crippen molar-refractivity contribution >= 4 is 29.2 Å². The van der Waals surface area contributed by atoms with E-state index in [1.54, 1.807) is 30.6 Å².